The van der Waals surface area contributed by atoms with Gasteiger partial charge in [-0.15, -0.1) is 6.58 Å². The van der Waals surface area contributed by atoms with E-state index in [1.165, 1.54) is 4.90 Å². The standard InChI is InChI=1S/C20H25N3O3/c1-2-13-22(15-16-8-4-3-5-9-16)17(24)10-14-23-18(25)20(21-19(23)26)11-6-7-12-20/h2-5,8-9H,1,6-7,10-15H2,(H,21,26). The molecule has 1 spiro atoms. The Hall–Kier alpha value is -2.63. The van der Waals surface area contributed by atoms with Crippen molar-refractivity contribution in [3.8, 4) is 0 Å². The molecule has 4 amide bonds. The Kier molecular flexibility index (Phi) is 5.40. The van der Waals surface area contributed by atoms with Gasteiger partial charge in [-0.25, -0.2) is 4.79 Å². The van der Waals surface area contributed by atoms with Crippen LogP contribution in [0.2, 0.25) is 0 Å². The summed E-state index contributed by atoms with van der Waals surface area (Å²) >= 11 is 0. The average molecular weight is 355 g/mol. The van der Waals surface area contributed by atoms with Gasteiger partial charge in [0.25, 0.3) is 5.91 Å². The zero-order chi connectivity index (χ0) is 18.6. The minimum absolute atomic E-state index is 0.0956. The third kappa shape index (κ3) is 3.64. The van der Waals surface area contributed by atoms with Gasteiger partial charge in [-0.2, -0.15) is 0 Å². The molecule has 1 heterocycles. The van der Waals surface area contributed by atoms with Crippen molar-refractivity contribution < 1.29 is 14.4 Å². The van der Waals surface area contributed by atoms with E-state index in [0.717, 1.165) is 18.4 Å². The summed E-state index contributed by atoms with van der Waals surface area (Å²) in [4.78, 5) is 40.4. The van der Waals surface area contributed by atoms with E-state index < -0.39 is 5.54 Å². The summed E-state index contributed by atoms with van der Waals surface area (Å²) in [6.07, 6.45) is 5.08. The van der Waals surface area contributed by atoms with Crippen molar-refractivity contribution in [2.45, 2.75) is 44.2 Å². The summed E-state index contributed by atoms with van der Waals surface area (Å²) in [5.41, 5.74) is 0.313. The van der Waals surface area contributed by atoms with Gasteiger partial charge in [-0.3, -0.25) is 14.5 Å². The van der Waals surface area contributed by atoms with Gasteiger partial charge >= 0.3 is 6.03 Å². The number of carbonyl (C=O) groups is 3. The van der Waals surface area contributed by atoms with E-state index in [-0.39, 0.29) is 30.8 Å². The van der Waals surface area contributed by atoms with E-state index in [2.05, 4.69) is 11.9 Å². The molecule has 0 atom stereocenters. The Morgan fingerprint density at radius 1 is 1.23 bits per heavy atom. The molecule has 1 aromatic rings. The maximum Gasteiger partial charge on any atom is 0.325 e. The second-order valence-corrected chi connectivity index (χ2v) is 6.97. The second-order valence-electron chi connectivity index (χ2n) is 6.97. The van der Waals surface area contributed by atoms with Crippen molar-refractivity contribution in [3.63, 3.8) is 0 Å². The molecule has 2 aliphatic rings. The van der Waals surface area contributed by atoms with Crippen LogP contribution < -0.4 is 5.32 Å². The van der Waals surface area contributed by atoms with Gasteiger partial charge in [0.15, 0.2) is 0 Å². The van der Waals surface area contributed by atoms with E-state index in [9.17, 15) is 14.4 Å². The topological polar surface area (TPSA) is 69.7 Å². The highest BCUT2D eigenvalue weighted by Crippen LogP contribution is 2.35. The van der Waals surface area contributed by atoms with Crippen molar-refractivity contribution >= 4 is 17.8 Å². The molecular weight excluding hydrogens is 330 g/mol. The fraction of sp³-hybridized carbons (Fsp3) is 0.450. The number of benzene rings is 1. The van der Waals surface area contributed by atoms with E-state index in [4.69, 9.17) is 0 Å². The SMILES string of the molecule is C=CCN(Cc1ccccc1)C(=O)CCN1C(=O)NC2(CCCC2)C1=O. The molecule has 6 nitrogen and oxygen atoms in total. The number of carbonyl (C=O) groups excluding carboxylic acids is 3. The fourth-order valence-electron chi connectivity index (χ4n) is 3.78. The van der Waals surface area contributed by atoms with Crippen molar-refractivity contribution in [1.82, 2.24) is 15.1 Å². The molecule has 1 aliphatic carbocycles. The normalized spacial score (nSPS) is 18.2. The summed E-state index contributed by atoms with van der Waals surface area (Å²) in [6, 6.07) is 9.35. The zero-order valence-electron chi connectivity index (χ0n) is 14.9. The highest BCUT2D eigenvalue weighted by Gasteiger charge is 2.52. The molecule has 26 heavy (non-hydrogen) atoms. The van der Waals surface area contributed by atoms with Gasteiger partial charge in [0.05, 0.1) is 0 Å². The Morgan fingerprint density at radius 2 is 1.92 bits per heavy atom. The van der Waals surface area contributed by atoms with E-state index in [0.29, 0.717) is 25.9 Å². The molecule has 1 aromatic carbocycles. The first-order valence-electron chi connectivity index (χ1n) is 9.12. The number of amides is 4. The van der Waals surface area contributed by atoms with Gasteiger partial charge < -0.3 is 10.2 Å². The monoisotopic (exact) mass is 355 g/mol. The quantitative estimate of drug-likeness (QED) is 0.603. The molecule has 0 aromatic heterocycles. The van der Waals surface area contributed by atoms with Gasteiger partial charge in [-0.1, -0.05) is 49.2 Å². The summed E-state index contributed by atoms with van der Waals surface area (Å²) < 4.78 is 0. The van der Waals surface area contributed by atoms with Gasteiger partial charge in [0.1, 0.15) is 5.54 Å². The van der Waals surface area contributed by atoms with Crippen molar-refractivity contribution in [1.29, 1.82) is 0 Å². The fourth-order valence-corrected chi connectivity index (χ4v) is 3.78. The lowest BCUT2D eigenvalue weighted by molar-refractivity contribution is -0.133. The van der Waals surface area contributed by atoms with Crippen LogP contribution in [-0.4, -0.2) is 46.3 Å². The highest BCUT2D eigenvalue weighted by atomic mass is 16.2. The number of hydrogen-bond acceptors (Lipinski definition) is 3. The smallest absolute Gasteiger partial charge is 0.325 e. The molecule has 1 aliphatic heterocycles. The molecule has 0 bridgehead atoms. The van der Waals surface area contributed by atoms with Gasteiger partial charge in [0.2, 0.25) is 5.91 Å². The van der Waals surface area contributed by atoms with Crippen molar-refractivity contribution in [2.75, 3.05) is 13.1 Å². The minimum atomic E-state index is -0.717. The second kappa shape index (κ2) is 7.72. The van der Waals surface area contributed by atoms with Gasteiger partial charge in [-0.05, 0) is 18.4 Å². The number of hydrogen-bond donors (Lipinski definition) is 1. The Balaban J connectivity index is 1.60. The third-order valence-corrected chi connectivity index (χ3v) is 5.17. The van der Waals surface area contributed by atoms with Crippen LogP contribution in [0.3, 0.4) is 0 Å². The van der Waals surface area contributed by atoms with Crippen LogP contribution in [0.5, 0.6) is 0 Å². The van der Waals surface area contributed by atoms with Crippen LogP contribution in [0.15, 0.2) is 43.0 Å². The first-order chi connectivity index (χ1) is 12.6. The lowest BCUT2D eigenvalue weighted by atomic mass is 9.98. The van der Waals surface area contributed by atoms with E-state index in [1.807, 2.05) is 30.3 Å². The lowest BCUT2D eigenvalue weighted by Crippen LogP contribution is -2.44. The molecule has 1 saturated heterocycles. The Morgan fingerprint density at radius 3 is 2.58 bits per heavy atom. The maximum absolute atomic E-state index is 12.6. The number of nitrogens with zero attached hydrogens (tertiary/aromatic N) is 2. The molecule has 6 heteroatoms. The molecule has 3 rings (SSSR count). The molecule has 138 valence electrons. The molecule has 0 radical (unpaired) electrons. The Bertz CT molecular complexity index is 696. The van der Waals surface area contributed by atoms with Gasteiger partial charge in [0, 0.05) is 26.1 Å². The van der Waals surface area contributed by atoms with Crippen molar-refractivity contribution in [3.05, 3.63) is 48.6 Å². The van der Waals surface area contributed by atoms with Crippen molar-refractivity contribution in [2.24, 2.45) is 0 Å². The summed E-state index contributed by atoms with van der Waals surface area (Å²) in [6.45, 7) is 4.74. The number of urea groups is 1. The predicted octanol–water partition coefficient (Wildman–Crippen LogP) is 2.46. The summed E-state index contributed by atoms with van der Waals surface area (Å²) in [7, 11) is 0. The van der Waals surface area contributed by atoms with E-state index in [1.54, 1.807) is 11.0 Å². The van der Waals surface area contributed by atoms with Crippen LogP contribution in [0.1, 0.15) is 37.7 Å². The first-order valence-corrected chi connectivity index (χ1v) is 9.12. The summed E-state index contributed by atoms with van der Waals surface area (Å²) in [5.74, 6) is -0.271. The largest absolute Gasteiger partial charge is 0.335 e. The minimum Gasteiger partial charge on any atom is -0.335 e. The first kappa shape index (κ1) is 18.2. The maximum atomic E-state index is 12.6. The molecule has 0 unspecified atom stereocenters. The molecular formula is C20H25N3O3. The molecule has 2 fully saturated rings. The predicted molar refractivity (Wildman–Crippen MR) is 98.1 cm³/mol. The number of nitrogens with one attached hydrogen (secondary N) is 1. The number of rotatable bonds is 7. The Labute approximate surface area is 153 Å². The zero-order valence-corrected chi connectivity index (χ0v) is 14.9. The average Bonchev–Trinajstić information content (AvgIpc) is 3.19. The molecule has 1 saturated carbocycles. The lowest BCUT2D eigenvalue weighted by Gasteiger charge is -2.23. The molecule has 1 N–H and O–H groups in total. The highest BCUT2D eigenvalue weighted by molar-refractivity contribution is 6.07. The van der Waals surface area contributed by atoms with Crippen LogP contribution in [0.25, 0.3) is 0 Å². The van der Waals surface area contributed by atoms with Crippen LogP contribution in [0, 0.1) is 0 Å². The van der Waals surface area contributed by atoms with Crippen LogP contribution in [-0.2, 0) is 16.1 Å². The summed E-state index contributed by atoms with van der Waals surface area (Å²) in [5, 5.41) is 2.84. The van der Waals surface area contributed by atoms with Crippen LogP contribution in [0.4, 0.5) is 4.79 Å². The number of imide groups is 1. The third-order valence-electron chi connectivity index (χ3n) is 5.17. The van der Waals surface area contributed by atoms with Crippen LogP contribution >= 0.6 is 0 Å². The van der Waals surface area contributed by atoms with E-state index >= 15 is 0 Å².